The van der Waals surface area contributed by atoms with Crippen molar-refractivity contribution in [2.75, 3.05) is 13.6 Å². The quantitative estimate of drug-likeness (QED) is 0.337. The van der Waals surface area contributed by atoms with Gasteiger partial charge in [-0.15, -0.1) is 5.43 Å². The number of hydrogen-bond donors (Lipinski definition) is 2. The van der Waals surface area contributed by atoms with Crippen molar-refractivity contribution < 1.29 is 9.83 Å². The fraction of sp³-hybridized carbons (Fsp3) is 0.857. The van der Waals surface area contributed by atoms with Gasteiger partial charge in [0.2, 0.25) is 5.91 Å². The predicted octanol–water partition coefficient (Wildman–Crippen LogP) is 0.0741. The summed E-state index contributed by atoms with van der Waals surface area (Å²) in [5.41, 5.74) is 2.07. The summed E-state index contributed by atoms with van der Waals surface area (Å²) in [4.78, 5) is 20.5. The summed E-state index contributed by atoms with van der Waals surface area (Å²) in [5.74, 6) is 0.0160. The Kier molecular flexibility index (Phi) is 6.58. The van der Waals surface area contributed by atoms with Gasteiger partial charge in [0, 0.05) is 13.5 Å². The minimum atomic E-state index is -0.557. The zero-order valence-electron chi connectivity index (χ0n) is 7.71. The zero-order chi connectivity index (χ0) is 10.1. The van der Waals surface area contributed by atoms with E-state index in [1.54, 1.807) is 7.05 Å². The molecule has 0 aliphatic rings. The van der Waals surface area contributed by atoms with Crippen molar-refractivity contribution in [3.63, 3.8) is 0 Å². The highest BCUT2D eigenvalue weighted by atomic mass is 16.7. The van der Waals surface area contributed by atoms with E-state index in [9.17, 15) is 14.9 Å². The Morgan fingerprint density at radius 1 is 1.38 bits per heavy atom. The number of hydrazine groups is 1. The third kappa shape index (κ3) is 8.58. The monoisotopic (exact) mass is 189 g/mol. The van der Waals surface area contributed by atoms with Gasteiger partial charge in [-0.2, -0.15) is 0 Å². The van der Waals surface area contributed by atoms with Crippen molar-refractivity contribution in [1.82, 2.24) is 10.7 Å². The van der Waals surface area contributed by atoms with E-state index in [4.69, 9.17) is 0 Å². The van der Waals surface area contributed by atoms with Crippen LogP contribution in [0, 0.1) is 10.1 Å². The maximum atomic E-state index is 10.7. The number of nitrogens with zero attached hydrogens (tertiary/aromatic N) is 1. The highest BCUT2D eigenvalue weighted by Crippen LogP contribution is 1.98. The summed E-state index contributed by atoms with van der Waals surface area (Å²) in [6.45, 7) is 0.362. The van der Waals surface area contributed by atoms with Crippen LogP contribution in [-0.4, -0.2) is 24.5 Å². The van der Waals surface area contributed by atoms with E-state index in [-0.39, 0.29) is 5.91 Å². The molecule has 6 heteroatoms. The van der Waals surface area contributed by atoms with E-state index in [1.807, 2.05) is 0 Å². The number of rotatable bonds is 7. The maximum absolute atomic E-state index is 10.7. The second kappa shape index (κ2) is 7.33. The highest BCUT2D eigenvalue weighted by molar-refractivity contribution is 5.75. The number of nitrogens with one attached hydrogen (secondary N) is 2. The van der Waals surface area contributed by atoms with Crippen LogP contribution < -0.4 is 10.7 Å². The number of amides is 1. The maximum Gasteiger partial charge on any atom is 0.219 e. The lowest BCUT2D eigenvalue weighted by Crippen LogP contribution is -2.22. The molecule has 0 aromatic rings. The van der Waals surface area contributed by atoms with Gasteiger partial charge < -0.3 is 5.32 Å². The van der Waals surface area contributed by atoms with E-state index in [1.165, 1.54) is 0 Å². The molecule has 0 fully saturated rings. The van der Waals surface area contributed by atoms with Gasteiger partial charge in [0.15, 0.2) is 5.03 Å². The van der Waals surface area contributed by atoms with Gasteiger partial charge in [0.05, 0.1) is 6.54 Å². The van der Waals surface area contributed by atoms with E-state index in [2.05, 4.69) is 10.7 Å². The van der Waals surface area contributed by atoms with Crippen LogP contribution in [0.25, 0.3) is 0 Å². The Hall–Kier alpha value is -1.33. The Balaban J connectivity index is 3.08. The van der Waals surface area contributed by atoms with Gasteiger partial charge in [0.25, 0.3) is 0 Å². The molecule has 0 rings (SSSR count). The molecule has 0 aliphatic carbocycles. The number of hydrogen-bond acceptors (Lipinski definition) is 3. The number of nitro groups is 1. The molecule has 1 amide bonds. The lowest BCUT2D eigenvalue weighted by atomic mass is 10.2. The minimum Gasteiger partial charge on any atom is -0.359 e. The van der Waals surface area contributed by atoms with Crippen molar-refractivity contribution in [3.05, 3.63) is 10.1 Å². The van der Waals surface area contributed by atoms with Crippen LogP contribution in [0.1, 0.15) is 25.7 Å². The normalized spacial score (nSPS) is 9.31. The molecular formula is C7H15N3O3. The van der Waals surface area contributed by atoms with Crippen LogP contribution in [0.3, 0.4) is 0 Å². The van der Waals surface area contributed by atoms with Crippen LogP contribution in [-0.2, 0) is 4.79 Å². The van der Waals surface area contributed by atoms with Gasteiger partial charge >= 0.3 is 0 Å². The van der Waals surface area contributed by atoms with Crippen LogP contribution in [0.2, 0.25) is 0 Å². The molecule has 0 aromatic heterocycles. The Morgan fingerprint density at radius 3 is 2.62 bits per heavy atom. The van der Waals surface area contributed by atoms with Crippen molar-refractivity contribution in [3.8, 4) is 0 Å². The van der Waals surface area contributed by atoms with Crippen molar-refractivity contribution in [2.45, 2.75) is 25.7 Å². The fourth-order valence-corrected chi connectivity index (χ4v) is 0.883. The molecule has 0 saturated carbocycles. The Bertz CT molecular complexity index is 172. The van der Waals surface area contributed by atoms with E-state index < -0.39 is 5.03 Å². The first kappa shape index (κ1) is 11.7. The summed E-state index contributed by atoms with van der Waals surface area (Å²) >= 11 is 0. The van der Waals surface area contributed by atoms with Crippen molar-refractivity contribution >= 4 is 5.91 Å². The fourth-order valence-electron chi connectivity index (χ4n) is 0.883. The molecule has 0 saturated heterocycles. The smallest absolute Gasteiger partial charge is 0.219 e. The summed E-state index contributed by atoms with van der Waals surface area (Å²) in [5, 5.41) is 11.8. The standard InChI is InChI=1S/C7H15N3O3/c1-8-7(11)5-3-2-4-6-9-10(12)13/h9H,2-6H2,1H3,(H,8,11). The first-order valence-electron chi connectivity index (χ1n) is 4.25. The largest absolute Gasteiger partial charge is 0.359 e. The zero-order valence-corrected chi connectivity index (χ0v) is 7.71. The van der Waals surface area contributed by atoms with Gasteiger partial charge in [-0.1, -0.05) is 6.42 Å². The molecular weight excluding hydrogens is 174 g/mol. The van der Waals surface area contributed by atoms with Crippen molar-refractivity contribution in [2.24, 2.45) is 0 Å². The number of carbonyl (C=O) groups is 1. The van der Waals surface area contributed by atoms with E-state index >= 15 is 0 Å². The van der Waals surface area contributed by atoms with Crippen LogP contribution >= 0.6 is 0 Å². The lowest BCUT2D eigenvalue weighted by Gasteiger charge is -1.99. The van der Waals surface area contributed by atoms with Crippen LogP contribution in [0.5, 0.6) is 0 Å². The first-order chi connectivity index (χ1) is 6.16. The molecule has 2 N–H and O–H groups in total. The molecule has 0 heterocycles. The Labute approximate surface area is 76.8 Å². The summed E-state index contributed by atoms with van der Waals surface area (Å²) < 4.78 is 0. The van der Waals surface area contributed by atoms with Crippen molar-refractivity contribution in [1.29, 1.82) is 0 Å². The van der Waals surface area contributed by atoms with Gasteiger partial charge in [-0.25, -0.2) is 10.1 Å². The Morgan fingerprint density at radius 2 is 2.08 bits per heavy atom. The lowest BCUT2D eigenvalue weighted by molar-refractivity contribution is -0.544. The molecule has 0 aromatic carbocycles. The third-order valence-electron chi connectivity index (χ3n) is 1.60. The molecule has 76 valence electrons. The summed E-state index contributed by atoms with van der Waals surface area (Å²) in [6.07, 6.45) is 2.82. The number of carbonyl (C=O) groups excluding carboxylic acids is 1. The molecule has 0 aliphatic heterocycles. The van der Waals surface area contributed by atoms with E-state index in [0.717, 1.165) is 19.3 Å². The SMILES string of the molecule is CNC(=O)CCCCCN[N+](=O)[O-]. The second-order valence-corrected chi connectivity index (χ2v) is 2.65. The molecule has 13 heavy (non-hydrogen) atoms. The molecule has 0 bridgehead atoms. The molecule has 0 radical (unpaired) electrons. The van der Waals surface area contributed by atoms with Gasteiger partial charge in [-0.3, -0.25) is 4.79 Å². The molecule has 0 atom stereocenters. The third-order valence-corrected chi connectivity index (χ3v) is 1.60. The van der Waals surface area contributed by atoms with Gasteiger partial charge in [-0.05, 0) is 12.8 Å². The average molecular weight is 189 g/mol. The first-order valence-corrected chi connectivity index (χ1v) is 4.25. The minimum absolute atomic E-state index is 0.0160. The highest BCUT2D eigenvalue weighted by Gasteiger charge is 1.98. The second-order valence-electron chi connectivity index (χ2n) is 2.65. The topological polar surface area (TPSA) is 84.3 Å². The molecule has 0 spiro atoms. The predicted molar refractivity (Wildman–Crippen MR) is 47.5 cm³/mol. The van der Waals surface area contributed by atoms with Crippen LogP contribution in [0.4, 0.5) is 0 Å². The average Bonchev–Trinajstić information content (AvgIpc) is 2.10. The molecule has 6 nitrogen and oxygen atoms in total. The molecule has 0 unspecified atom stereocenters. The van der Waals surface area contributed by atoms with Gasteiger partial charge in [0.1, 0.15) is 0 Å². The van der Waals surface area contributed by atoms with Crippen LogP contribution in [0.15, 0.2) is 0 Å². The summed E-state index contributed by atoms with van der Waals surface area (Å²) in [7, 11) is 1.59. The summed E-state index contributed by atoms with van der Waals surface area (Å²) in [6, 6.07) is 0. The van der Waals surface area contributed by atoms with E-state index in [0.29, 0.717) is 13.0 Å². The number of unbranched alkanes of at least 4 members (excludes halogenated alkanes) is 2.